The molecular weight excluding hydrogens is 332 g/mol. The Morgan fingerprint density at radius 1 is 1.15 bits per heavy atom. The molecule has 2 heterocycles. The van der Waals surface area contributed by atoms with E-state index in [1.807, 2.05) is 0 Å². The van der Waals surface area contributed by atoms with E-state index in [0.29, 0.717) is 17.3 Å². The van der Waals surface area contributed by atoms with Crippen LogP contribution in [-0.4, -0.2) is 65.8 Å². The van der Waals surface area contributed by atoms with Crippen LogP contribution in [0.5, 0.6) is 0 Å². The van der Waals surface area contributed by atoms with E-state index in [1.165, 1.54) is 25.8 Å². The van der Waals surface area contributed by atoms with Gasteiger partial charge in [0.2, 0.25) is 0 Å². The van der Waals surface area contributed by atoms with Gasteiger partial charge in [-0.25, -0.2) is 0 Å². The van der Waals surface area contributed by atoms with Gasteiger partial charge in [-0.2, -0.15) is 0 Å². The molecule has 0 amide bonds. The van der Waals surface area contributed by atoms with Crippen molar-refractivity contribution in [1.29, 1.82) is 0 Å². The van der Waals surface area contributed by atoms with Crippen molar-refractivity contribution in [3.63, 3.8) is 0 Å². The third-order valence-electron chi connectivity index (χ3n) is 5.69. The van der Waals surface area contributed by atoms with E-state index in [-0.39, 0.29) is 17.5 Å². The summed E-state index contributed by atoms with van der Waals surface area (Å²) in [5, 5.41) is 14.7. The third kappa shape index (κ3) is 4.40. The summed E-state index contributed by atoms with van der Waals surface area (Å²) in [6.07, 6.45) is 4.43. The van der Waals surface area contributed by atoms with Crippen LogP contribution in [0, 0.1) is 10.1 Å². The predicted octanol–water partition coefficient (Wildman–Crippen LogP) is 2.77. The maximum atomic E-state index is 11.5. The maximum Gasteiger partial charge on any atom is 0.293 e. The number of nitro groups is 1. The molecule has 142 valence electrons. The highest BCUT2D eigenvalue weighted by atomic mass is 16.6. The summed E-state index contributed by atoms with van der Waals surface area (Å²) in [5.41, 5.74) is 0.868. The van der Waals surface area contributed by atoms with Crippen LogP contribution in [0.25, 0.3) is 0 Å². The highest BCUT2D eigenvalue weighted by molar-refractivity contribution is 5.95. The van der Waals surface area contributed by atoms with Crippen LogP contribution >= 0.6 is 0 Å². The highest BCUT2D eigenvalue weighted by Gasteiger charge is 2.28. The first-order valence-electron chi connectivity index (χ1n) is 9.42. The van der Waals surface area contributed by atoms with Gasteiger partial charge in [0.25, 0.3) is 5.69 Å². The second-order valence-electron chi connectivity index (χ2n) is 7.53. The average Bonchev–Trinajstić information content (AvgIpc) is 2.63. The van der Waals surface area contributed by atoms with Crippen LogP contribution in [0.4, 0.5) is 11.4 Å². The van der Waals surface area contributed by atoms with Crippen molar-refractivity contribution in [1.82, 2.24) is 9.80 Å². The summed E-state index contributed by atoms with van der Waals surface area (Å²) in [5.74, 6) is -0.161. The quantitative estimate of drug-likeness (QED) is 0.494. The standard InChI is InChI=1S/C19H28N4O3/c1-14(24)15-3-4-18(19(13-15)23(25)26)20-16-5-11-22(12-6-16)17-7-9-21(2)10-8-17/h3-4,13,16-17,20H,5-12H2,1-2H3. The van der Waals surface area contributed by atoms with Crippen LogP contribution in [0.1, 0.15) is 43.0 Å². The van der Waals surface area contributed by atoms with Gasteiger partial charge in [0.05, 0.1) is 4.92 Å². The molecule has 26 heavy (non-hydrogen) atoms. The number of piperidine rings is 2. The van der Waals surface area contributed by atoms with Crippen molar-refractivity contribution in [2.75, 3.05) is 38.5 Å². The predicted molar refractivity (Wildman–Crippen MR) is 102 cm³/mol. The molecule has 0 atom stereocenters. The van der Waals surface area contributed by atoms with Gasteiger partial charge in [0, 0.05) is 36.8 Å². The zero-order chi connectivity index (χ0) is 18.7. The number of carbonyl (C=O) groups excluding carboxylic acids is 1. The molecule has 7 nitrogen and oxygen atoms in total. The van der Waals surface area contributed by atoms with Gasteiger partial charge < -0.3 is 15.1 Å². The van der Waals surface area contributed by atoms with Crippen LogP contribution in [0.2, 0.25) is 0 Å². The number of likely N-dealkylation sites (tertiary alicyclic amines) is 2. The van der Waals surface area contributed by atoms with Crippen LogP contribution in [0.3, 0.4) is 0 Å². The molecule has 2 aliphatic rings. The average molecular weight is 360 g/mol. The number of hydrogen-bond donors (Lipinski definition) is 1. The molecule has 0 spiro atoms. The fourth-order valence-corrected chi connectivity index (χ4v) is 4.01. The first-order valence-corrected chi connectivity index (χ1v) is 9.42. The number of anilines is 1. The normalized spacial score (nSPS) is 20.8. The number of nitrogens with zero attached hydrogens (tertiary/aromatic N) is 3. The molecule has 1 aromatic carbocycles. The monoisotopic (exact) mass is 360 g/mol. The molecule has 3 rings (SSSR count). The van der Waals surface area contributed by atoms with Crippen molar-refractivity contribution in [3.05, 3.63) is 33.9 Å². The van der Waals surface area contributed by atoms with Crippen molar-refractivity contribution in [2.24, 2.45) is 0 Å². The Balaban J connectivity index is 1.59. The number of ketones is 1. The van der Waals surface area contributed by atoms with Gasteiger partial charge in [0.15, 0.2) is 5.78 Å². The van der Waals surface area contributed by atoms with Crippen molar-refractivity contribution >= 4 is 17.2 Å². The number of rotatable bonds is 5. The highest BCUT2D eigenvalue weighted by Crippen LogP contribution is 2.29. The van der Waals surface area contributed by atoms with Crippen molar-refractivity contribution in [3.8, 4) is 0 Å². The molecule has 2 fully saturated rings. The van der Waals surface area contributed by atoms with E-state index >= 15 is 0 Å². The maximum absolute atomic E-state index is 11.5. The molecule has 2 aliphatic heterocycles. The minimum Gasteiger partial charge on any atom is -0.377 e. The van der Waals surface area contributed by atoms with Gasteiger partial charge in [-0.15, -0.1) is 0 Å². The Morgan fingerprint density at radius 2 is 1.81 bits per heavy atom. The fraction of sp³-hybridized carbons (Fsp3) is 0.632. The van der Waals surface area contributed by atoms with Crippen LogP contribution in [-0.2, 0) is 0 Å². The minimum absolute atomic E-state index is 0.0181. The lowest BCUT2D eigenvalue weighted by atomic mass is 9.97. The fourth-order valence-electron chi connectivity index (χ4n) is 4.01. The molecule has 2 saturated heterocycles. The molecule has 7 heteroatoms. The summed E-state index contributed by atoms with van der Waals surface area (Å²) in [6.45, 7) is 5.82. The lowest BCUT2D eigenvalue weighted by Crippen LogP contribution is -2.48. The zero-order valence-corrected chi connectivity index (χ0v) is 15.6. The van der Waals surface area contributed by atoms with E-state index in [9.17, 15) is 14.9 Å². The number of hydrogen-bond acceptors (Lipinski definition) is 6. The lowest BCUT2D eigenvalue weighted by Gasteiger charge is -2.41. The second-order valence-corrected chi connectivity index (χ2v) is 7.53. The molecule has 1 N–H and O–H groups in total. The third-order valence-corrected chi connectivity index (χ3v) is 5.69. The molecule has 0 aliphatic carbocycles. The molecule has 1 aromatic rings. The van der Waals surface area contributed by atoms with Gasteiger partial charge >= 0.3 is 0 Å². The molecule has 0 unspecified atom stereocenters. The lowest BCUT2D eigenvalue weighted by molar-refractivity contribution is -0.384. The molecular formula is C19H28N4O3. The second kappa shape index (κ2) is 8.14. The van der Waals surface area contributed by atoms with Gasteiger partial charge in [-0.1, -0.05) is 0 Å². The Labute approximate surface area is 154 Å². The smallest absolute Gasteiger partial charge is 0.293 e. The summed E-state index contributed by atoms with van der Waals surface area (Å²) in [4.78, 5) is 27.4. The SMILES string of the molecule is CC(=O)c1ccc(NC2CCN(C3CCN(C)CC3)CC2)c([N+](=O)[O-])c1. The Bertz CT molecular complexity index is 663. The van der Waals surface area contributed by atoms with Crippen molar-refractivity contribution < 1.29 is 9.72 Å². The number of benzene rings is 1. The Hall–Kier alpha value is -1.99. The van der Waals surface area contributed by atoms with Crippen molar-refractivity contribution in [2.45, 2.75) is 44.7 Å². The molecule has 0 saturated carbocycles. The zero-order valence-electron chi connectivity index (χ0n) is 15.6. The summed E-state index contributed by atoms with van der Waals surface area (Å²) in [6, 6.07) is 5.61. The first kappa shape index (κ1) is 18.8. The van der Waals surface area contributed by atoms with E-state index in [2.05, 4.69) is 22.2 Å². The van der Waals surface area contributed by atoms with E-state index in [1.54, 1.807) is 12.1 Å². The van der Waals surface area contributed by atoms with Gasteiger partial charge in [-0.3, -0.25) is 14.9 Å². The van der Waals surface area contributed by atoms with Crippen LogP contribution in [0.15, 0.2) is 18.2 Å². The summed E-state index contributed by atoms with van der Waals surface area (Å²) >= 11 is 0. The number of nitrogens with one attached hydrogen (secondary N) is 1. The molecule has 0 radical (unpaired) electrons. The Kier molecular flexibility index (Phi) is 5.88. The topological polar surface area (TPSA) is 78.7 Å². The molecule has 0 aromatic heterocycles. The summed E-state index contributed by atoms with van der Waals surface area (Å²) in [7, 11) is 2.18. The van der Waals surface area contributed by atoms with E-state index < -0.39 is 4.92 Å². The Morgan fingerprint density at radius 3 is 2.38 bits per heavy atom. The largest absolute Gasteiger partial charge is 0.377 e. The van der Waals surface area contributed by atoms with E-state index in [4.69, 9.17) is 0 Å². The van der Waals surface area contributed by atoms with E-state index in [0.717, 1.165) is 39.0 Å². The van der Waals surface area contributed by atoms with Gasteiger partial charge in [0.1, 0.15) is 5.69 Å². The summed E-state index contributed by atoms with van der Waals surface area (Å²) < 4.78 is 0. The van der Waals surface area contributed by atoms with Gasteiger partial charge in [-0.05, 0) is 64.9 Å². The minimum atomic E-state index is -0.414. The number of Topliss-reactive ketones (excluding diaryl/α,β-unsaturated/α-hetero) is 1. The number of nitro benzene ring substituents is 1. The first-order chi connectivity index (χ1) is 12.4. The number of carbonyl (C=O) groups is 1. The molecule has 0 bridgehead atoms. The van der Waals surface area contributed by atoms with Crippen LogP contribution < -0.4 is 5.32 Å².